The first-order valence-electron chi connectivity index (χ1n) is 9.35. The molecule has 0 aliphatic carbocycles. The van der Waals surface area contributed by atoms with Crippen LogP contribution < -0.4 is 16.8 Å². The van der Waals surface area contributed by atoms with Crippen LogP contribution >= 0.6 is 46.2 Å². The van der Waals surface area contributed by atoms with E-state index in [0.717, 1.165) is 0 Å². The van der Waals surface area contributed by atoms with Crippen molar-refractivity contribution in [2.24, 2.45) is 5.73 Å². The Bertz CT molecular complexity index is 1160. The third kappa shape index (κ3) is 5.13. The highest BCUT2D eigenvalue weighted by Crippen LogP contribution is 2.41. The largest absolute Gasteiger partial charge is 0.477 e. The quantitative estimate of drug-likeness (QED) is 0.246. The molecule has 0 radical (unpaired) electrons. The summed E-state index contributed by atoms with van der Waals surface area (Å²) in [5.74, 6) is -1.91. The predicted molar refractivity (Wildman–Crippen MR) is 123 cm³/mol. The van der Waals surface area contributed by atoms with Crippen LogP contribution in [0.15, 0.2) is 21.0 Å². The summed E-state index contributed by atoms with van der Waals surface area (Å²) >= 11 is 5.08. The molecule has 4 heterocycles. The van der Waals surface area contributed by atoms with Crippen molar-refractivity contribution in [3.05, 3.63) is 27.4 Å². The van der Waals surface area contributed by atoms with Crippen molar-refractivity contribution in [3.8, 4) is 0 Å². The van der Waals surface area contributed by atoms with Gasteiger partial charge in [-0.25, -0.2) is 9.78 Å². The molecule has 2 aromatic heterocycles. The number of nitrogens with one attached hydrogen (secondary N) is 1. The topological polar surface area (TPSA) is 194 Å². The summed E-state index contributed by atoms with van der Waals surface area (Å²) in [6.07, 6.45) is -0.0257. The molecule has 12 nitrogen and oxygen atoms in total. The lowest BCUT2D eigenvalue weighted by Gasteiger charge is -2.49. The summed E-state index contributed by atoms with van der Waals surface area (Å²) in [4.78, 5) is 53.2. The lowest BCUT2D eigenvalue weighted by atomic mass is 10.0. The van der Waals surface area contributed by atoms with Gasteiger partial charge >= 0.3 is 5.97 Å². The summed E-state index contributed by atoms with van der Waals surface area (Å²) < 4.78 is 0.568. The van der Waals surface area contributed by atoms with E-state index >= 15 is 0 Å². The number of thioether (sulfide) groups is 2. The number of carbonyl (C=O) groups excluding carboxylic acids is 3. The smallest absolute Gasteiger partial charge is 0.352 e. The Morgan fingerprint density at radius 1 is 1.30 bits per heavy atom. The van der Waals surface area contributed by atoms with Crippen molar-refractivity contribution in [3.63, 3.8) is 0 Å². The van der Waals surface area contributed by atoms with Crippen LogP contribution in [0.4, 0.5) is 5.13 Å². The number of nitrogen functional groups attached to an aromatic ring is 1. The molecule has 174 valence electrons. The minimum absolute atomic E-state index is 0.00985. The maximum atomic E-state index is 12.7. The lowest BCUT2D eigenvalue weighted by molar-refractivity contribution is -0.150. The molecule has 2 unspecified atom stereocenters. The molecule has 2 aliphatic heterocycles. The molecule has 1 fully saturated rings. The van der Waals surface area contributed by atoms with Gasteiger partial charge in [-0.1, -0.05) is 23.1 Å². The molecule has 2 aromatic rings. The Hall–Kier alpha value is -2.69. The third-order valence-electron chi connectivity index (χ3n) is 4.62. The fourth-order valence-corrected chi connectivity index (χ4v) is 7.21. The van der Waals surface area contributed by atoms with Gasteiger partial charge in [0.15, 0.2) is 9.47 Å². The number of β-lactam (4-membered cyclic amide) rings is 1. The number of nitrogens with two attached hydrogens (primary N) is 2. The average Bonchev–Trinajstić information content (AvgIpc) is 3.37. The SMILES string of the molecule is NC(=O)Cc1nnc(SCC2=C(C(=O)O)N3C(=O)C(NC(=O)Cc4csc(N)n4)C3SC2)s1. The van der Waals surface area contributed by atoms with E-state index in [4.69, 9.17) is 11.5 Å². The highest BCUT2D eigenvalue weighted by atomic mass is 32.2. The fraction of sp³-hybridized carbons (Fsp3) is 0.353. The Kier molecular flexibility index (Phi) is 6.87. The van der Waals surface area contributed by atoms with Crippen molar-refractivity contribution in [1.29, 1.82) is 0 Å². The second kappa shape index (κ2) is 9.66. The van der Waals surface area contributed by atoms with Crippen LogP contribution in [0.1, 0.15) is 10.7 Å². The zero-order chi connectivity index (χ0) is 23.7. The maximum absolute atomic E-state index is 12.7. The van der Waals surface area contributed by atoms with E-state index in [1.807, 2.05) is 0 Å². The van der Waals surface area contributed by atoms with Gasteiger partial charge < -0.3 is 21.9 Å². The predicted octanol–water partition coefficient (Wildman–Crippen LogP) is -0.322. The van der Waals surface area contributed by atoms with Crippen molar-refractivity contribution in [2.45, 2.75) is 28.6 Å². The maximum Gasteiger partial charge on any atom is 0.352 e. The van der Waals surface area contributed by atoms with E-state index in [0.29, 0.717) is 37.3 Å². The molecule has 4 rings (SSSR count). The van der Waals surface area contributed by atoms with Gasteiger partial charge in [-0.2, -0.15) is 0 Å². The molecule has 0 spiro atoms. The Labute approximate surface area is 203 Å². The van der Waals surface area contributed by atoms with E-state index in [9.17, 15) is 24.3 Å². The number of thiazole rings is 1. The van der Waals surface area contributed by atoms with Crippen molar-refractivity contribution < 1.29 is 24.3 Å². The molecule has 0 aromatic carbocycles. The van der Waals surface area contributed by atoms with Gasteiger partial charge in [-0.3, -0.25) is 19.3 Å². The van der Waals surface area contributed by atoms with Crippen molar-refractivity contribution in [1.82, 2.24) is 25.4 Å². The molecule has 2 aliphatic rings. The molecule has 3 amide bonds. The Morgan fingerprint density at radius 2 is 2.09 bits per heavy atom. The summed E-state index contributed by atoms with van der Waals surface area (Å²) in [6.45, 7) is 0. The zero-order valence-corrected chi connectivity index (χ0v) is 20.0. The van der Waals surface area contributed by atoms with E-state index < -0.39 is 29.2 Å². The number of fused-ring (bicyclic) bond motifs is 1. The number of anilines is 1. The van der Waals surface area contributed by atoms with Gasteiger partial charge in [0.05, 0.1) is 18.5 Å². The monoisotopic (exact) mass is 527 g/mol. The fourth-order valence-electron chi connectivity index (χ4n) is 3.25. The van der Waals surface area contributed by atoms with Gasteiger partial charge in [0.2, 0.25) is 11.8 Å². The van der Waals surface area contributed by atoms with Crippen molar-refractivity contribution >= 4 is 75.0 Å². The third-order valence-corrected chi connectivity index (χ3v) is 8.83. The van der Waals surface area contributed by atoms with Gasteiger partial charge in [-0.05, 0) is 5.57 Å². The molecule has 1 saturated heterocycles. The van der Waals surface area contributed by atoms with Gasteiger partial charge in [0.25, 0.3) is 5.91 Å². The highest BCUT2D eigenvalue weighted by molar-refractivity contribution is 8.01. The summed E-state index contributed by atoms with van der Waals surface area (Å²) in [5.41, 5.74) is 11.7. The van der Waals surface area contributed by atoms with Crippen LogP contribution in [0.2, 0.25) is 0 Å². The van der Waals surface area contributed by atoms with Crippen LogP contribution in [0.3, 0.4) is 0 Å². The number of carbonyl (C=O) groups is 4. The standard InChI is InChI=1S/C17H17N7O5S4/c18-8(25)2-10-22-23-17(33-10)32-4-6-3-30-14-11(13(27)24(14)12(6)15(28)29)21-9(26)1-7-5-31-16(19)20-7/h5,11,14H,1-4H2,(H2,18,25)(H2,19,20)(H,21,26)(H,28,29). The number of carboxylic acid groups (broad SMARTS) is 1. The molecule has 16 heteroatoms. The lowest BCUT2D eigenvalue weighted by Crippen LogP contribution is -2.70. The summed E-state index contributed by atoms with van der Waals surface area (Å²) in [5, 5.41) is 22.3. The number of carboxylic acids is 1. The minimum atomic E-state index is -1.21. The number of primary amides is 1. The summed E-state index contributed by atoms with van der Waals surface area (Å²) in [7, 11) is 0. The van der Waals surface area contributed by atoms with Crippen molar-refractivity contribution in [2.75, 3.05) is 17.2 Å². The molecule has 2 atom stereocenters. The molecule has 33 heavy (non-hydrogen) atoms. The average molecular weight is 528 g/mol. The number of aliphatic carboxylic acids is 1. The highest BCUT2D eigenvalue weighted by Gasteiger charge is 2.54. The number of amides is 3. The molecule has 0 bridgehead atoms. The van der Waals surface area contributed by atoms with E-state index in [-0.39, 0.29) is 24.4 Å². The minimum Gasteiger partial charge on any atom is -0.477 e. The second-order valence-electron chi connectivity index (χ2n) is 6.96. The number of nitrogens with zero attached hydrogens (tertiary/aromatic N) is 4. The molecular weight excluding hydrogens is 510 g/mol. The van der Waals surface area contributed by atoms with Gasteiger partial charge in [0, 0.05) is 16.9 Å². The number of aromatic nitrogens is 3. The van der Waals surface area contributed by atoms with Crippen LogP contribution in [-0.2, 0) is 32.0 Å². The molecular formula is C17H17N7O5S4. The Balaban J connectivity index is 1.40. The van der Waals surface area contributed by atoms with E-state index in [1.54, 1.807) is 5.38 Å². The van der Waals surface area contributed by atoms with Gasteiger partial charge in [0.1, 0.15) is 22.1 Å². The first-order chi connectivity index (χ1) is 15.7. The van der Waals surface area contributed by atoms with Crippen LogP contribution in [0, 0.1) is 0 Å². The van der Waals surface area contributed by atoms with Crippen LogP contribution in [0.5, 0.6) is 0 Å². The van der Waals surface area contributed by atoms with Crippen LogP contribution in [0.25, 0.3) is 0 Å². The normalized spacial score (nSPS) is 19.8. The second-order valence-corrected chi connectivity index (χ2v) is 11.2. The number of hydrogen-bond donors (Lipinski definition) is 4. The molecule has 6 N–H and O–H groups in total. The molecule has 0 saturated carbocycles. The summed E-state index contributed by atoms with van der Waals surface area (Å²) in [6, 6.07) is -0.804. The van der Waals surface area contributed by atoms with E-state index in [1.165, 1.54) is 51.1 Å². The number of rotatable bonds is 9. The first-order valence-corrected chi connectivity index (χ1v) is 13.1. The van der Waals surface area contributed by atoms with Crippen LogP contribution in [-0.4, -0.2) is 71.8 Å². The Morgan fingerprint density at radius 3 is 2.76 bits per heavy atom. The first kappa shape index (κ1) is 23.5. The number of hydrogen-bond acceptors (Lipinski definition) is 12. The van der Waals surface area contributed by atoms with E-state index in [2.05, 4.69) is 20.5 Å². The van der Waals surface area contributed by atoms with Gasteiger partial charge in [-0.15, -0.1) is 33.3 Å². The zero-order valence-electron chi connectivity index (χ0n) is 16.7.